The second-order valence-electron chi connectivity index (χ2n) is 6.19. The van der Waals surface area contributed by atoms with Crippen LogP contribution >= 0.6 is 0 Å². The third-order valence-electron chi connectivity index (χ3n) is 4.60. The minimum Gasteiger partial charge on any atom is -0.488 e. The molecule has 3 rings (SSSR count). The SMILES string of the molecule is CCN(CC)CCCNC(=O)Cn1ncc2c1-c1ccccc1OC2. The van der Waals surface area contributed by atoms with Crippen LogP contribution < -0.4 is 10.1 Å². The lowest BCUT2D eigenvalue weighted by Crippen LogP contribution is -2.32. The highest BCUT2D eigenvalue weighted by atomic mass is 16.5. The van der Waals surface area contributed by atoms with Gasteiger partial charge in [-0.25, -0.2) is 0 Å². The Hall–Kier alpha value is -2.34. The number of aromatic nitrogens is 2. The van der Waals surface area contributed by atoms with Gasteiger partial charge in [0.05, 0.1) is 11.9 Å². The van der Waals surface area contributed by atoms with Gasteiger partial charge in [0.1, 0.15) is 18.9 Å². The summed E-state index contributed by atoms with van der Waals surface area (Å²) >= 11 is 0. The van der Waals surface area contributed by atoms with Crippen LogP contribution in [0.2, 0.25) is 0 Å². The molecular formula is C19H26N4O2. The van der Waals surface area contributed by atoms with Gasteiger partial charge in [-0.2, -0.15) is 5.10 Å². The van der Waals surface area contributed by atoms with E-state index in [-0.39, 0.29) is 12.5 Å². The van der Waals surface area contributed by atoms with Crippen molar-refractivity contribution in [3.05, 3.63) is 36.0 Å². The molecule has 0 saturated carbocycles. The van der Waals surface area contributed by atoms with E-state index in [0.29, 0.717) is 13.2 Å². The first kappa shape index (κ1) is 17.5. The predicted octanol–water partition coefficient (Wildman–Crippen LogP) is 2.29. The standard InChI is InChI=1S/C19H26N4O2/c1-3-22(4-2)11-7-10-20-18(24)13-23-19-15(12-21-23)14-25-17-9-6-5-8-16(17)19/h5-6,8-9,12H,3-4,7,10-11,13-14H2,1-2H3,(H,20,24). The molecule has 1 aromatic heterocycles. The molecule has 0 aliphatic carbocycles. The number of nitrogens with one attached hydrogen (secondary N) is 1. The number of para-hydroxylation sites is 1. The molecule has 1 amide bonds. The van der Waals surface area contributed by atoms with Crippen LogP contribution in [0.1, 0.15) is 25.8 Å². The van der Waals surface area contributed by atoms with E-state index < -0.39 is 0 Å². The van der Waals surface area contributed by atoms with Crippen LogP contribution in [0.5, 0.6) is 5.75 Å². The molecule has 1 N–H and O–H groups in total. The monoisotopic (exact) mass is 342 g/mol. The fraction of sp³-hybridized carbons (Fsp3) is 0.474. The van der Waals surface area contributed by atoms with Crippen molar-refractivity contribution in [1.29, 1.82) is 0 Å². The molecule has 0 bridgehead atoms. The molecule has 0 saturated heterocycles. The lowest BCUT2D eigenvalue weighted by Gasteiger charge is -2.19. The largest absolute Gasteiger partial charge is 0.488 e. The Morgan fingerprint density at radius 1 is 1.32 bits per heavy atom. The number of nitrogens with zero attached hydrogens (tertiary/aromatic N) is 3. The molecule has 2 aromatic rings. The molecule has 0 radical (unpaired) electrons. The lowest BCUT2D eigenvalue weighted by atomic mass is 10.0. The third-order valence-corrected chi connectivity index (χ3v) is 4.60. The average Bonchev–Trinajstić information content (AvgIpc) is 3.05. The van der Waals surface area contributed by atoms with Crippen LogP contribution in [0, 0.1) is 0 Å². The number of hydrogen-bond donors (Lipinski definition) is 1. The molecule has 0 unspecified atom stereocenters. The number of amides is 1. The van der Waals surface area contributed by atoms with Crippen LogP contribution in [-0.4, -0.2) is 46.8 Å². The molecule has 6 heteroatoms. The van der Waals surface area contributed by atoms with Crippen molar-refractivity contribution < 1.29 is 9.53 Å². The number of fused-ring (bicyclic) bond motifs is 3. The van der Waals surface area contributed by atoms with Gasteiger partial charge in [0.25, 0.3) is 0 Å². The van der Waals surface area contributed by atoms with E-state index in [2.05, 4.69) is 29.2 Å². The second-order valence-corrected chi connectivity index (χ2v) is 6.19. The Balaban J connectivity index is 1.58. The lowest BCUT2D eigenvalue weighted by molar-refractivity contribution is -0.121. The topological polar surface area (TPSA) is 59.4 Å². The Morgan fingerprint density at radius 2 is 2.12 bits per heavy atom. The molecule has 1 aliphatic heterocycles. The van der Waals surface area contributed by atoms with E-state index >= 15 is 0 Å². The van der Waals surface area contributed by atoms with E-state index in [4.69, 9.17) is 4.74 Å². The molecule has 1 aromatic carbocycles. The van der Waals surface area contributed by atoms with Crippen molar-refractivity contribution in [2.45, 2.75) is 33.4 Å². The maximum Gasteiger partial charge on any atom is 0.241 e. The van der Waals surface area contributed by atoms with E-state index in [1.165, 1.54) is 0 Å². The summed E-state index contributed by atoms with van der Waals surface area (Å²) in [7, 11) is 0. The van der Waals surface area contributed by atoms with Gasteiger partial charge in [0.15, 0.2) is 0 Å². The van der Waals surface area contributed by atoms with Gasteiger partial charge in [0, 0.05) is 17.7 Å². The van der Waals surface area contributed by atoms with Crippen LogP contribution in [0.3, 0.4) is 0 Å². The zero-order valence-corrected chi connectivity index (χ0v) is 15.0. The van der Waals surface area contributed by atoms with E-state index in [1.807, 2.05) is 24.3 Å². The summed E-state index contributed by atoms with van der Waals surface area (Å²) in [6, 6.07) is 7.88. The summed E-state index contributed by atoms with van der Waals surface area (Å²) < 4.78 is 7.51. The minimum absolute atomic E-state index is 0.00517. The van der Waals surface area contributed by atoms with Crippen molar-refractivity contribution in [3.63, 3.8) is 0 Å². The Morgan fingerprint density at radius 3 is 2.92 bits per heavy atom. The van der Waals surface area contributed by atoms with Crippen molar-refractivity contribution in [1.82, 2.24) is 20.0 Å². The number of ether oxygens (including phenoxy) is 1. The van der Waals surface area contributed by atoms with Gasteiger partial charge in [0.2, 0.25) is 5.91 Å². The zero-order chi connectivity index (χ0) is 17.6. The molecule has 0 spiro atoms. The fourth-order valence-electron chi connectivity index (χ4n) is 3.17. The predicted molar refractivity (Wildman–Crippen MR) is 97.4 cm³/mol. The summed E-state index contributed by atoms with van der Waals surface area (Å²) in [6.45, 7) is 8.84. The molecule has 0 atom stereocenters. The second kappa shape index (κ2) is 8.16. The number of carbonyl (C=O) groups is 1. The first-order valence-electron chi connectivity index (χ1n) is 8.98. The average molecular weight is 342 g/mol. The van der Waals surface area contributed by atoms with E-state index in [1.54, 1.807) is 10.9 Å². The summed E-state index contributed by atoms with van der Waals surface area (Å²) in [5.74, 6) is 0.839. The van der Waals surface area contributed by atoms with Crippen molar-refractivity contribution in [2.75, 3.05) is 26.2 Å². The smallest absolute Gasteiger partial charge is 0.241 e. The van der Waals surface area contributed by atoms with Crippen molar-refractivity contribution in [2.24, 2.45) is 0 Å². The van der Waals surface area contributed by atoms with E-state index in [9.17, 15) is 4.79 Å². The van der Waals surface area contributed by atoms with Gasteiger partial charge in [-0.15, -0.1) is 0 Å². The van der Waals surface area contributed by atoms with Gasteiger partial charge >= 0.3 is 0 Å². The Bertz CT molecular complexity index is 722. The van der Waals surface area contributed by atoms with Gasteiger partial charge in [-0.05, 0) is 38.2 Å². The first-order chi connectivity index (χ1) is 12.2. The number of benzene rings is 1. The number of hydrogen-bond acceptors (Lipinski definition) is 4. The van der Waals surface area contributed by atoms with Crippen molar-refractivity contribution >= 4 is 5.91 Å². The molecule has 25 heavy (non-hydrogen) atoms. The molecule has 1 aliphatic rings. The highest BCUT2D eigenvalue weighted by molar-refractivity contribution is 5.78. The Labute approximate surface area is 148 Å². The molecule has 0 fully saturated rings. The fourth-order valence-corrected chi connectivity index (χ4v) is 3.17. The molecule has 2 heterocycles. The van der Waals surface area contributed by atoms with E-state index in [0.717, 1.165) is 48.6 Å². The summed E-state index contributed by atoms with van der Waals surface area (Å²) in [6.07, 6.45) is 2.75. The molecule has 6 nitrogen and oxygen atoms in total. The number of rotatable bonds is 8. The summed E-state index contributed by atoms with van der Waals surface area (Å²) in [5, 5.41) is 7.38. The van der Waals surface area contributed by atoms with Gasteiger partial charge < -0.3 is 15.0 Å². The summed E-state index contributed by atoms with van der Waals surface area (Å²) in [5.41, 5.74) is 3.00. The summed E-state index contributed by atoms with van der Waals surface area (Å²) in [4.78, 5) is 14.6. The zero-order valence-electron chi connectivity index (χ0n) is 15.0. The normalized spacial score (nSPS) is 12.4. The highest BCUT2D eigenvalue weighted by Gasteiger charge is 2.22. The molecule has 134 valence electrons. The first-order valence-corrected chi connectivity index (χ1v) is 8.98. The van der Waals surface area contributed by atoms with Crippen LogP contribution in [-0.2, 0) is 17.9 Å². The quantitative estimate of drug-likeness (QED) is 0.748. The highest BCUT2D eigenvalue weighted by Crippen LogP contribution is 2.36. The van der Waals surface area contributed by atoms with Crippen LogP contribution in [0.25, 0.3) is 11.3 Å². The maximum atomic E-state index is 12.3. The third kappa shape index (κ3) is 4.02. The Kier molecular flexibility index (Phi) is 5.71. The molecular weight excluding hydrogens is 316 g/mol. The minimum atomic E-state index is -0.00517. The van der Waals surface area contributed by atoms with Crippen LogP contribution in [0.4, 0.5) is 0 Å². The van der Waals surface area contributed by atoms with Crippen molar-refractivity contribution in [3.8, 4) is 17.0 Å². The van der Waals surface area contributed by atoms with Gasteiger partial charge in [-0.1, -0.05) is 26.0 Å². The maximum absolute atomic E-state index is 12.3. The van der Waals surface area contributed by atoms with Gasteiger partial charge in [-0.3, -0.25) is 9.48 Å². The van der Waals surface area contributed by atoms with Crippen LogP contribution in [0.15, 0.2) is 30.5 Å². The number of carbonyl (C=O) groups excluding carboxylic acids is 1.